The number of nitrogens with zero attached hydrogens (tertiary/aromatic N) is 3. The molecule has 2 amide bonds. The average molecular weight is 512 g/mol. The summed E-state index contributed by atoms with van der Waals surface area (Å²) in [6.45, 7) is 8.76. The first-order chi connectivity index (χ1) is 17.5. The largest absolute Gasteiger partial charge is 0.464 e. The standard InChI is InChI=1S/C27H33N3O7/c1-7-35-24(32)20-21(29-15-14-19(17-29)28(6)26(34)37-27(3,4)5)23(31)30(22(20)25(33)36-8-2)16-18-12-10-9-11-13-18/h9-15,17,22H,7-8,16H2,1-6H3. The van der Waals surface area contributed by atoms with Gasteiger partial charge in [0.2, 0.25) is 0 Å². The number of ether oxygens (including phenoxy) is 3. The summed E-state index contributed by atoms with van der Waals surface area (Å²) in [6, 6.07) is 9.43. The normalized spacial score (nSPS) is 15.6. The van der Waals surface area contributed by atoms with Gasteiger partial charge in [0.25, 0.3) is 5.91 Å². The van der Waals surface area contributed by atoms with Crippen LogP contribution in [0.3, 0.4) is 0 Å². The lowest BCUT2D eigenvalue weighted by molar-refractivity contribution is -0.153. The zero-order chi connectivity index (χ0) is 27.3. The molecule has 0 radical (unpaired) electrons. The molecule has 0 saturated heterocycles. The Hall–Kier alpha value is -4.08. The van der Waals surface area contributed by atoms with Crippen molar-refractivity contribution in [3.05, 3.63) is 59.9 Å². The molecule has 1 aromatic heterocycles. The lowest BCUT2D eigenvalue weighted by atomic mass is 10.1. The van der Waals surface area contributed by atoms with Gasteiger partial charge in [0, 0.05) is 26.0 Å². The molecule has 10 heteroatoms. The Kier molecular flexibility index (Phi) is 8.42. The molecule has 1 aromatic carbocycles. The van der Waals surface area contributed by atoms with Crippen LogP contribution in [-0.4, -0.2) is 65.3 Å². The lowest BCUT2D eigenvalue weighted by Gasteiger charge is -2.24. The number of aromatic nitrogens is 1. The summed E-state index contributed by atoms with van der Waals surface area (Å²) in [7, 11) is 1.54. The molecule has 2 aromatic rings. The molecule has 37 heavy (non-hydrogen) atoms. The van der Waals surface area contributed by atoms with Crippen LogP contribution in [-0.2, 0) is 35.1 Å². The van der Waals surface area contributed by atoms with Crippen molar-refractivity contribution < 1.29 is 33.4 Å². The molecule has 0 N–H and O–H groups in total. The number of esters is 2. The van der Waals surface area contributed by atoms with Gasteiger partial charge in [0.1, 0.15) is 16.9 Å². The number of carbonyl (C=O) groups is 4. The van der Waals surface area contributed by atoms with Crippen molar-refractivity contribution in [1.29, 1.82) is 0 Å². The van der Waals surface area contributed by atoms with Gasteiger partial charge in [-0.2, -0.15) is 0 Å². The fourth-order valence-electron chi connectivity index (χ4n) is 3.89. The molecule has 0 fully saturated rings. The summed E-state index contributed by atoms with van der Waals surface area (Å²) in [5.41, 5.74) is 0.332. The van der Waals surface area contributed by atoms with Crippen LogP contribution in [0.2, 0.25) is 0 Å². The number of carbonyl (C=O) groups excluding carboxylic acids is 4. The Morgan fingerprint density at radius 1 is 1.00 bits per heavy atom. The molecule has 3 rings (SSSR count). The van der Waals surface area contributed by atoms with Gasteiger partial charge in [-0.05, 0) is 46.2 Å². The molecule has 1 atom stereocenters. The minimum atomic E-state index is -1.30. The van der Waals surface area contributed by atoms with Crippen LogP contribution in [0.1, 0.15) is 40.2 Å². The van der Waals surface area contributed by atoms with Crippen LogP contribution < -0.4 is 4.90 Å². The van der Waals surface area contributed by atoms with E-state index in [-0.39, 0.29) is 31.0 Å². The van der Waals surface area contributed by atoms with E-state index in [2.05, 4.69) is 0 Å². The molecule has 0 saturated carbocycles. The number of benzene rings is 1. The Labute approximate surface area is 216 Å². The molecule has 0 bridgehead atoms. The molecule has 0 aliphatic carbocycles. The fraction of sp³-hybridized carbons (Fsp3) is 0.407. The third-order valence-electron chi connectivity index (χ3n) is 5.49. The molecule has 0 spiro atoms. The van der Waals surface area contributed by atoms with Gasteiger partial charge < -0.3 is 23.7 Å². The van der Waals surface area contributed by atoms with Crippen molar-refractivity contribution in [2.24, 2.45) is 0 Å². The van der Waals surface area contributed by atoms with Gasteiger partial charge >= 0.3 is 18.0 Å². The summed E-state index contributed by atoms with van der Waals surface area (Å²) < 4.78 is 17.3. The molecular weight excluding hydrogens is 478 g/mol. The Morgan fingerprint density at radius 3 is 2.24 bits per heavy atom. The highest BCUT2D eigenvalue weighted by molar-refractivity contribution is 6.26. The molecular formula is C27H33N3O7. The van der Waals surface area contributed by atoms with E-state index in [9.17, 15) is 19.2 Å². The molecule has 198 valence electrons. The zero-order valence-electron chi connectivity index (χ0n) is 22.0. The smallest absolute Gasteiger partial charge is 0.414 e. The van der Waals surface area contributed by atoms with Crippen molar-refractivity contribution in [2.75, 3.05) is 25.2 Å². The van der Waals surface area contributed by atoms with E-state index in [1.54, 1.807) is 40.7 Å². The van der Waals surface area contributed by atoms with Crippen molar-refractivity contribution in [3.8, 4) is 0 Å². The second kappa shape index (κ2) is 11.3. The Balaban J connectivity index is 2.08. The van der Waals surface area contributed by atoms with Gasteiger partial charge in [0.05, 0.1) is 18.9 Å². The van der Waals surface area contributed by atoms with E-state index in [0.717, 1.165) is 5.56 Å². The predicted octanol–water partition coefficient (Wildman–Crippen LogP) is 3.61. The Morgan fingerprint density at radius 2 is 1.65 bits per heavy atom. The third-order valence-corrected chi connectivity index (χ3v) is 5.49. The number of anilines is 1. The summed E-state index contributed by atoms with van der Waals surface area (Å²) in [6.07, 6.45) is 2.47. The maximum Gasteiger partial charge on any atom is 0.414 e. The summed E-state index contributed by atoms with van der Waals surface area (Å²) in [5.74, 6) is -2.08. The maximum atomic E-state index is 13.8. The topological polar surface area (TPSA) is 107 Å². The number of amides is 2. The highest BCUT2D eigenvalue weighted by Gasteiger charge is 2.48. The molecule has 1 aliphatic heterocycles. The number of hydrogen-bond acceptors (Lipinski definition) is 7. The minimum Gasteiger partial charge on any atom is -0.464 e. The zero-order valence-corrected chi connectivity index (χ0v) is 22.0. The maximum absolute atomic E-state index is 13.8. The fourth-order valence-corrected chi connectivity index (χ4v) is 3.89. The third kappa shape index (κ3) is 6.19. The SMILES string of the molecule is CCOC(=O)C1=C(n2ccc(N(C)C(=O)OC(C)(C)C)c2)C(=O)N(Cc2ccccc2)C1C(=O)OCC. The molecule has 1 unspecified atom stereocenters. The first-order valence-corrected chi connectivity index (χ1v) is 12.1. The first-order valence-electron chi connectivity index (χ1n) is 12.1. The van der Waals surface area contributed by atoms with Gasteiger partial charge in [-0.1, -0.05) is 30.3 Å². The summed E-state index contributed by atoms with van der Waals surface area (Å²) in [4.78, 5) is 55.1. The minimum absolute atomic E-state index is 0.0451. The quantitative estimate of drug-likeness (QED) is 0.394. The molecule has 1 aliphatic rings. The molecule has 10 nitrogen and oxygen atoms in total. The van der Waals surface area contributed by atoms with E-state index in [1.807, 2.05) is 30.3 Å². The van der Waals surface area contributed by atoms with E-state index >= 15 is 0 Å². The van der Waals surface area contributed by atoms with Crippen molar-refractivity contribution in [1.82, 2.24) is 9.47 Å². The van der Waals surface area contributed by atoms with Crippen LogP contribution in [0.4, 0.5) is 10.5 Å². The van der Waals surface area contributed by atoms with Crippen LogP contribution in [0, 0.1) is 0 Å². The average Bonchev–Trinajstić information content (AvgIpc) is 3.41. The Bertz CT molecular complexity index is 1190. The highest BCUT2D eigenvalue weighted by atomic mass is 16.6. The van der Waals surface area contributed by atoms with E-state index in [0.29, 0.717) is 5.69 Å². The van der Waals surface area contributed by atoms with Crippen LogP contribution >= 0.6 is 0 Å². The van der Waals surface area contributed by atoms with E-state index in [4.69, 9.17) is 14.2 Å². The van der Waals surface area contributed by atoms with Crippen LogP contribution in [0.25, 0.3) is 5.70 Å². The molecule has 2 heterocycles. The van der Waals surface area contributed by atoms with Gasteiger partial charge in [0.15, 0.2) is 6.04 Å². The monoisotopic (exact) mass is 511 g/mol. The van der Waals surface area contributed by atoms with Crippen molar-refractivity contribution in [2.45, 2.75) is 52.8 Å². The van der Waals surface area contributed by atoms with E-state index in [1.165, 1.54) is 33.8 Å². The summed E-state index contributed by atoms with van der Waals surface area (Å²) in [5, 5.41) is 0. The number of hydrogen-bond donors (Lipinski definition) is 0. The second-order valence-corrected chi connectivity index (χ2v) is 9.37. The lowest BCUT2D eigenvalue weighted by Crippen LogP contribution is -2.43. The van der Waals surface area contributed by atoms with Crippen LogP contribution in [0.5, 0.6) is 0 Å². The van der Waals surface area contributed by atoms with Gasteiger partial charge in [-0.25, -0.2) is 14.4 Å². The van der Waals surface area contributed by atoms with Gasteiger partial charge in [-0.3, -0.25) is 9.69 Å². The second-order valence-electron chi connectivity index (χ2n) is 9.37. The van der Waals surface area contributed by atoms with E-state index < -0.39 is 35.6 Å². The van der Waals surface area contributed by atoms with Gasteiger partial charge in [-0.15, -0.1) is 0 Å². The van der Waals surface area contributed by atoms with Crippen molar-refractivity contribution in [3.63, 3.8) is 0 Å². The van der Waals surface area contributed by atoms with Crippen molar-refractivity contribution >= 4 is 35.3 Å². The first kappa shape index (κ1) is 27.5. The predicted molar refractivity (Wildman–Crippen MR) is 136 cm³/mol. The highest BCUT2D eigenvalue weighted by Crippen LogP contribution is 2.34. The number of rotatable bonds is 8. The van der Waals surface area contributed by atoms with Crippen LogP contribution in [0.15, 0.2) is 54.4 Å². The summed E-state index contributed by atoms with van der Waals surface area (Å²) >= 11 is 0.